The van der Waals surface area contributed by atoms with Crippen molar-refractivity contribution in [3.05, 3.63) is 0 Å². The number of ether oxygens (including phenoxy) is 2. The Morgan fingerprint density at radius 1 is 1.69 bits per heavy atom. The molecule has 2 rings (SSSR count). The number of carbonyl (C=O) groups excluding carboxylic acids is 2. The molecule has 13 heavy (non-hydrogen) atoms. The lowest BCUT2D eigenvalue weighted by Gasteiger charge is -2.07. The van der Waals surface area contributed by atoms with Crippen molar-refractivity contribution in [3.8, 4) is 0 Å². The third kappa shape index (κ3) is 1.53. The Kier molecular flexibility index (Phi) is 1.78. The third-order valence-corrected chi connectivity index (χ3v) is 2.65. The maximum atomic E-state index is 11.3. The van der Waals surface area contributed by atoms with Crippen LogP contribution in [-0.4, -0.2) is 24.6 Å². The fraction of sp³-hybridized carbons (Fsp3) is 0.778. The van der Waals surface area contributed by atoms with Crippen molar-refractivity contribution >= 4 is 11.9 Å². The first-order valence-corrected chi connectivity index (χ1v) is 4.47. The molecule has 2 aliphatic rings. The minimum Gasteiger partial charge on any atom is -0.462 e. The molecule has 0 aromatic rings. The van der Waals surface area contributed by atoms with E-state index in [0.717, 1.165) is 19.3 Å². The third-order valence-electron chi connectivity index (χ3n) is 2.65. The number of carbonyl (C=O) groups is 2. The molecule has 0 radical (unpaired) electrons. The molecule has 1 spiro atoms. The quantitative estimate of drug-likeness (QED) is 0.591. The maximum absolute atomic E-state index is 11.3. The molecular formula is C9H12O4. The van der Waals surface area contributed by atoms with Crippen molar-refractivity contribution in [2.24, 2.45) is 5.41 Å². The van der Waals surface area contributed by atoms with Crippen molar-refractivity contribution in [2.45, 2.75) is 32.3 Å². The molecule has 0 N–H and O–H groups in total. The van der Waals surface area contributed by atoms with Gasteiger partial charge in [-0.15, -0.1) is 0 Å². The van der Waals surface area contributed by atoms with E-state index in [1.807, 2.05) is 0 Å². The highest BCUT2D eigenvalue weighted by Crippen LogP contribution is 2.54. The van der Waals surface area contributed by atoms with Gasteiger partial charge in [0, 0.05) is 13.3 Å². The zero-order valence-electron chi connectivity index (χ0n) is 7.54. The topological polar surface area (TPSA) is 52.6 Å². The summed E-state index contributed by atoms with van der Waals surface area (Å²) in [6.45, 7) is 1.56. The maximum Gasteiger partial charge on any atom is 0.312 e. The highest BCUT2D eigenvalue weighted by atomic mass is 16.6. The van der Waals surface area contributed by atoms with Crippen LogP contribution in [0, 0.1) is 5.41 Å². The van der Waals surface area contributed by atoms with Gasteiger partial charge in [-0.25, -0.2) is 0 Å². The van der Waals surface area contributed by atoms with E-state index < -0.39 is 0 Å². The number of hydrogen-bond acceptors (Lipinski definition) is 4. The van der Waals surface area contributed by atoms with Gasteiger partial charge >= 0.3 is 11.9 Å². The molecule has 1 saturated heterocycles. The van der Waals surface area contributed by atoms with Crippen LogP contribution in [-0.2, 0) is 19.1 Å². The van der Waals surface area contributed by atoms with E-state index in [1.165, 1.54) is 6.92 Å². The minimum atomic E-state index is -0.326. The zero-order valence-corrected chi connectivity index (χ0v) is 7.54. The van der Waals surface area contributed by atoms with Crippen molar-refractivity contribution in [1.29, 1.82) is 0 Å². The lowest BCUT2D eigenvalue weighted by Crippen LogP contribution is -2.16. The summed E-state index contributed by atoms with van der Waals surface area (Å²) in [5, 5.41) is 0. The Labute approximate surface area is 76.2 Å². The Bertz CT molecular complexity index is 254. The fourth-order valence-corrected chi connectivity index (χ4v) is 1.70. The van der Waals surface area contributed by atoms with Crippen LogP contribution in [0.2, 0.25) is 0 Å². The second-order valence-electron chi connectivity index (χ2n) is 3.81. The van der Waals surface area contributed by atoms with Crippen LogP contribution in [0.15, 0.2) is 0 Å². The van der Waals surface area contributed by atoms with Crippen LogP contribution in [0.3, 0.4) is 0 Å². The van der Waals surface area contributed by atoms with Gasteiger partial charge in [0.25, 0.3) is 0 Å². The van der Waals surface area contributed by atoms with Crippen LogP contribution in [0.25, 0.3) is 0 Å². The standard InChI is InChI=1S/C9H12O4/c1-6(10)12-5-7-4-9(2-3-9)8(11)13-7/h7H,2-5H2,1H3. The minimum absolute atomic E-state index is 0.107. The number of esters is 2. The molecule has 4 nitrogen and oxygen atoms in total. The van der Waals surface area contributed by atoms with Crippen molar-refractivity contribution in [1.82, 2.24) is 0 Å². The smallest absolute Gasteiger partial charge is 0.312 e. The molecule has 1 aliphatic heterocycles. The summed E-state index contributed by atoms with van der Waals surface area (Å²) >= 11 is 0. The molecule has 1 atom stereocenters. The highest BCUT2D eigenvalue weighted by molar-refractivity contribution is 5.82. The summed E-state index contributed by atoms with van der Waals surface area (Å²) in [6.07, 6.45) is 2.38. The number of hydrogen-bond donors (Lipinski definition) is 0. The summed E-state index contributed by atoms with van der Waals surface area (Å²) in [7, 11) is 0. The first kappa shape index (κ1) is 8.53. The monoisotopic (exact) mass is 184 g/mol. The molecule has 0 amide bonds. The Hall–Kier alpha value is -1.06. The summed E-state index contributed by atoms with van der Waals surface area (Å²) in [4.78, 5) is 21.7. The van der Waals surface area contributed by atoms with Crippen LogP contribution in [0.5, 0.6) is 0 Å². The largest absolute Gasteiger partial charge is 0.462 e. The summed E-state index contributed by atoms with van der Waals surface area (Å²) in [5.74, 6) is -0.433. The normalized spacial score (nSPS) is 28.7. The van der Waals surface area contributed by atoms with Gasteiger partial charge in [0.2, 0.25) is 0 Å². The molecule has 1 saturated carbocycles. The van der Waals surface area contributed by atoms with E-state index in [4.69, 9.17) is 9.47 Å². The zero-order chi connectivity index (χ0) is 9.47. The fourth-order valence-electron chi connectivity index (χ4n) is 1.70. The molecule has 1 unspecified atom stereocenters. The summed E-state index contributed by atoms with van der Waals surface area (Å²) in [5.41, 5.74) is -0.190. The first-order valence-electron chi connectivity index (χ1n) is 4.47. The van der Waals surface area contributed by atoms with E-state index >= 15 is 0 Å². The number of rotatable bonds is 2. The van der Waals surface area contributed by atoms with Gasteiger partial charge in [-0.1, -0.05) is 0 Å². The molecule has 72 valence electrons. The van der Waals surface area contributed by atoms with Gasteiger partial charge in [-0.05, 0) is 12.8 Å². The molecule has 4 heteroatoms. The van der Waals surface area contributed by atoms with E-state index in [0.29, 0.717) is 0 Å². The van der Waals surface area contributed by atoms with Crippen LogP contribution in [0.4, 0.5) is 0 Å². The van der Waals surface area contributed by atoms with Crippen LogP contribution in [0.1, 0.15) is 26.2 Å². The van der Waals surface area contributed by atoms with Gasteiger partial charge in [0.1, 0.15) is 12.7 Å². The molecular weight excluding hydrogens is 172 g/mol. The van der Waals surface area contributed by atoms with E-state index in [-0.39, 0.29) is 30.1 Å². The van der Waals surface area contributed by atoms with Gasteiger partial charge < -0.3 is 9.47 Å². The Morgan fingerprint density at radius 3 is 2.85 bits per heavy atom. The molecule has 0 aromatic heterocycles. The average molecular weight is 184 g/mol. The molecule has 1 heterocycles. The van der Waals surface area contributed by atoms with Crippen molar-refractivity contribution < 1.29 is 19.1 Å². The first-order chi connectivity index (χ1) is 6.12. The van der Waals surface area contributed by atoms with Crippen LogP contribution >= 0.6 is 0 Å². The van der Waals surface area contributed by atoms with Gasteiger partial charge in [0.05, 0.1) is 5.41 Å². The molecule has 2 fully saturated rings. The van der Waals surface area contributed by atoms with Gasteiger partial charge in [-0.2, -0.15) is 0 Å². The Balaban J connectivity index is 1.84. The second kappa shape index (κ2) is 2.72. The number of cyclic esters (lactones) is 1. The molecule has 0 bridgehead atoms. The SMILES string of the molecule is CC(=O)OCC1CC2(CC2)C(=O)O1. The summed E-state index contributed by atoms with van der Waals surface area (Å²) < 4.78 is 9.85. The van der Waals surface area contributed by atoms with Crippen molar-refractivity contribution in [3.63, 3.8) is 0 Å². The lowest BCUT2D eigenvalue weighted by molar-refractivity contribution is -0.152. The van der Waals surface area contributed by atoms with Crippen LogP contribution < -0.4 is 0 Å². The Morgan fingerprint density at radius 2 is 2.38 bits per heavy atom. The average Bonchev–Trinajstić information content (AvgIpc) is 2.73. The highest BCUT2D eigenvalue weighted by Gasteiger charge is 2.57. The van der Waals surface area contributed by atoms with Crippen molar-refractivity contribution in [2.75, 3.05) is 6.61 Å². The van der Waals surface area contributed by atoms with E-state index in [1.54, 1.807) is 0 Å². The summed E-state index contributed by atoms with van der Waals surface area (Å²) in [6, 6.07) is 0. The van der Waals surface area contributed by atoms with Gasteiger partial charge in [-0.3, -0.25) is 9.59 Å². The lowest BCUT2D eigenvalue weighted by atomic mass is 10.0. The van der Waals surface area contributed by atoms with Gasteiger partial charge in [0.15, 0.2) is 0 Å². The molecule has 0 aromatic carbocycles. The predicted octanol–water partition coefficient (Wildman–Crippen LogP) is 0.645. The predicted molar refractivity (Wildman–Crippen MR) is 42.8 cm³/mol. The molecule has 1 aliphatic carbocycles. The van der Waals surface area contributed by atoms with E-state index in [9.17, 15) is 9.59 Å². The van der Waals surface area contributed by atoms with E-state index in [2.05, 4.69) is 0 Å². The second-order valence-corrected chi connectivity index (χ2v) is 3.81.